The summed E-state index contributed by atoms with van der Waals surface area (Å²) in [5.74, 6) is 1.66. The van der Waals surface area contributed by atoms with Gasteiger partial charge in [0, 0.05) is 31.5 Å². The largest absolute Gasteiger partial charge is 0.470 e. The summed E-state index contributed by atoms with van der Waals surface area (Å²) in [6.45, 7) is 2.46. The van der Waals surface area contributed by atoms with Gasteiger partial charge in [0.15, 0.2) is 0 Å². The van der Waals surface area contributed by atoms with E-state index in [2.05, 4.69) is 9.88 Å². The van der Waals surface area contributed by atoms with Crippen molar-refractivity contribution in [2.75, 3.05) is 13.2 Å². The lowest BCUT2D eigenvalue weighted by Crippen LogP contribution is -2.42. The third-order valence-electron chi connectivity index (χ3n) is 4.43. The molecule has 0 N–H and O–H groups in total. The molecule has 0 aliphatic carbocycles. The van der Waals surface area contributed by atoms with Crippen molar-refractivity contribution >= 4 is 0 Å². The quantitative estimate of drug-likeness (QED) is 0.868. The Kier molecular flexibility index (Phi) is 3.83. The molecule has 4 rings (SSSR count). The molecule has 2 aliphatic rings. The van der Waals surface area contributed by atoms with E-state index in [-0.39, 0.29) is 12.2 Å². The van der Waals surface area contributed by atoms with Crippen LogP contribution in [0.5, 0.6) is 5.88 Å². The van der Waals surface area contributed by atoms with E-state index in [1.54, 1.807) is 12.5 Å². The second-order valence-electron chi connectivity index (χ2n) is 5.88. The van der Waals surface area contributed by atoms with Crippen LogP contribution >= 0.6 is 0 Å². The van der Waals surface area contributed by atoms with Crippen molar-refractivity contribution in [2.45, 2.75) is 37.6 Å². The first kappa shape index (κ1) is 13.8. The molecule has 2 saturated heterocycles. The molecule has 0 saturated carbocycles. The number of likely N-dealkylation sites (tertiary alicyclic amines) is 1. The van der Waals surface area contributed by atoms with Crippen LogP contribution in [0.4, 0.5) is 0 Å². The number of fused-ring (bicyclic) bond motifs is 1. The summed E-state index contributed by atoms with van der Waals surface area (Å²) in [5.41, 5.74) is 0. The van der Waals surface area contributed by atoms with Crippen molar-refractivity contribution in [3.8, 4) is 5.88 Å². The molecule has 116 valence electrons. The number of hydrogen-bond acceptors (Lipinski definition) is 5. The van der Waals surface area contributed by atoms with E-state index in [0.717, 1.165) is 38.3 Å². The molecule has 5 heteroatoms. The maximum absolute atomic E-state index is 6.09. The van der Waals surface area contributed by atoms with Gasteiger partial charge in [0.25, 0.3) is 0 Å². The van der Waals surface area contributed by atoms with Crippen LogP contribution in [-0.2, 0) is 11.3 Å². The molecule has 3 atom stereocenters. The molecular formula is C17H20N2O3. The van der Waals surface area contributed by atoms with Gasteiger partial charge in [-0.15, -0.1) is 0 Å². The highest BCUT2D eigenvalue weighted by Crippen LogP contribution is 2.32. The number of nitrogens with zero attached hydrogens (tertiary/aromatic N) is 2. The molecule has 0 spiro atoms. The van der Waals surface area contributed by atoms with Gasteiger partial charge >= 0.3 is 0 Å². The summed E-state index contributed by atoms with van der Waals surface area (Å²) < 4.78 is 17.6. The molecular weight excluding hydrogens is 280 g/mol. The van der Waals surface area contributed by atoms with Crippen LogP contribution in [0.25, 0.3) is 0 Å². The zero-order valence-corrected chi connectivity index (χ0v) is 12.4. The SMILES string of the molecule is c1ccc(O[C@@H]2CN(Cc3ccco3)[C@H]3CCCO[C@@H]23)nc1. The van der Waals surface area contributed by atoms with Gasteiger partial charge in [-0.05, 0) is 31.0 Å². The lowest BCUT2D eigenvalue weighted by molar-refractivity contribution is -0.0483. The first-order valence-electron chi connectivity index (χ1n) is 7.86. The highest BCUT2D eigenvalue weighted by molar-refractivity contribution is 5.12. The smallest absolute Gasteiger partial charge is 0.213 e. The summed E-state index contributed by atoms with van der Waals surface area (Å²) in [6.07, 6.45) is 5.87. The van der Waals surface area contributed by atoms with Crippen molar-refractivity contribution < 1.29 is 13.9 Å². The van der Waals surface area contributed by atoms with Gasteiger partial charge in [-0.3, -0.25) is 4.90 Å². The van der Waals surface area contributed by atoms with Crippen LogP contribution in [0.2, 0.25) is 0 Å². The zero-order valence-electron chi connectivity index (χ0n) is 12.4. The topological polar surface area (TPSA) is 47.7 Å². The minimum atomic E-state index is 0.0233. The fourth-order valence-electron chi connectivity index (χ4n) is 3.46. The first-order chi connectivity index (χ1) is 10.9. The standard InChI is InChI=1S/C17H20N2O3/c1-2-8-18-16(7-1)22-15-12-19(11-13-5-3-9-20-13)14-6-4-10-21-17(14)15/h1-3,5,7-9,14-15,17H,4,6,10-12H2/t14-,15+,17+/m0/s1. The second kappa shape index (κ2) is 6.10. The average Bonchev–Trinajstić information content (AvgIpc) is 3.18. The molecule has 22 heavy (non-hydrogen) atoms. The molecule has 4 heterocycles. The first-order valence-corrected chi connectivity index (χ1v) is 7.86. The van der Waals surface area contributed by atoms with Gasteiger partial charge < -0.3 is 13.9 Å². The number of rotatable bonds is 4. The summed E-state index contributed by atoms with van der Waals surface area (Å²) in [6, 6.07) is 10.1. The average molecular weight is 300 g/mol. The van der Waals surface area contributed by atoms with E-state index >= 15 is 0 Å². The van der Waals surface area contributed by atoms with Crippen molar-refractivity contribution in [3.63, 3.8) is 0 Å². The molecule has 2 aliphatic heterocycles. The van der Waals surface area contributed by atoms with Gasteiger partial charge in [-0.2, -0.15) is 0 Å². The molecule has 0 unspecified atom stereocenters. The van der Waals surface area contributed by atoms with E-state index in [1.165, 1.54) is 0 Å². The molecule has 2 aromatic heterocycles. The maximum Gasteiger partial charge on any atom is 0.213 e. The predicted molar refractivity (Wildman–Crippen MR) is 80.5 cm³/mol. The molecule has 0 bridgehead atoms. The highest BCUT2D eigenvalue weighted by atomic mass is 16.5. The Morgan fingerprint density at radius 2 is 2.27 bits per heavy atom. The minimum Gasteiger partial charge on any atom is -0.470 e. The van der Waals surface area contributed by atoms with Gasteiger partial charge in [0.1, 0.15) is 18.0 Å². The van der Waals surface area contributed by atoms with Crippen LogP contribution in [0.3, 0.4) is 0 Å². The van der Waals surface area contributed by atoms with Crippen LogP contribution in [-0.4, -0.2) is 41.3 Å². The van der Waals surface area contributed by atoms with Gasteiger partial charge in [-0.1, -0.05) is 6.07 Å². The molecule has 2 fully saturated rings. The molecule has 0 amide bonds. The van der Waals surface area contributed by atoms with Crippen LogP contribution in [0, 0.1) is 0 Å². The van der Waals surface area contributed by atoms with Gasteiger partial charge in [-0.25, -0.2) is 4.98 Å². The monoisotopic (exact) mass is 300 g/mol. The summed E-state index contributed by atoms with van der Waals surface area (Å²) in [7, 11) is 0. The number of pyridine rings is 1. The Balaban J connectivity index is 1.50. The number of furan rings is 1. The summed E-state index contributed by atoms with van der Waals surface area (Å²) in [4.78, 5) is 6.68. The van der Waals surface area contributed by atoms with Crippen molar-refractivity contribution in [1.82, 2.24) is 9.88 Å². The highest BCUT2D eigenvalue weighted by Gasteiger charge is 2.45. The minimum absolute atomic E-state index is 0.0233. The Hall–Kier alpha value is -1.85. The Labute approximate surface area is 129 Å². The predicted octanol–water partition coefficient (Wildman–Crippen LogP) is 2.49. The van der Waals surface area contributed by atoms with Crippen LogP contribution in [0.15, 0.2) is 47.2 Å². The Morgan fingerprint density at radius 1 is 1.27 bits per heavy atom. The fourth-order valence-corrected chi connectivity index (χ4v) is 3.46. The lowest BCUT2D eigenvalue weighted by atomic mass is 10.0. The van der Waals surface area contributed by atoms with Gasteiger partial charge in [0.2, 0.25) is 5.88 Å². The summed E-state index contributed by atoms with van der Waals surface area (Å²) >= 11 is 0. The fraction of sp³-hybridized carbons (Fsp3) is 0.471. The molecule has 0 aromatic carbocycles. The van der Waals surface area contributed by atoms with Crippen molar-refractivity contribution in [2.24, 2.45) is 0 Å². The van der Waals surface area contributed by atoms with E-state index in [1.807, 2.05) is 30.3 Å². The maximum atomic E-state index is 6.09. The second-order valence-corrected chi connectivity index (χ2v) is 5.88. The van der Waals surface area contributed by atoms with E-state index in [0.29, 0.717) is 11.9 Å². The normalized spacial score (nSPS) is 28.5. The third kappa shape index (κ3) is 2.74. The number of hydrogen-bond donors (Lipinski definition) is 0. The molecule has 5 nitrogen and oxygen atoms in total. The van der Waals surface area contributed by atoms with E-state index in [4.69, 9.17) is 13.9 Å². The van der Waals surface area contributed by atoms with Crippen LogP contribution in [0.1, 0.15) is 18.6 Å². The lowest BCUT2D eigenvalue weighted by Gasteiger charge is -2.31. The summed E-state index contributed by atoms with van der Waals surface area (Å²) in [5, 5.41) is 0. The van der Waals surface area contributed by atoms with Gasteiger partial charge in [0.05, 0.1) is 12.8 Å². The zero-order chi connectivity index (χ0) is 14.8. The van der Waals surface area contributed by atoms with Crippen LogP contribution < -0.4 is 4.74 Å². The van der Waals surface area contributed by atoms with E-state index < -0.39 is 0 Å². The molecule has 2 aromatic rings. The Morgan fingerprint density at radius 3 is 3.09 bits per heavy atom. The number of aromatic nitrogens is 1. The molecule has 0 radical (unpaired) electrons. The Bertz CT molecular complexity index is 587. The van der Waals surface area contributed by atoms with Crippen molar-refractivity contribution in [3.05, 3.63) is 48.6 Å². The van der Waals surface area contributed by atoms with Crippen molar-refractivity contribution in [1.29, 1.82) is 0 Å². The number of ether oxygens (including phenoxy) is 2. The third-order valence-corrected chi connectivity index (χ3v) is 4.43. The van der Waals surface area contributed by atoms with E-state index in [9.17, 15) is 0 Å².